The molecule has 1 unspecified atom stereocenters. The quantitative estimate of drug-likeness (QED) is 0.656. The molecule has 5 nitrogen and oxygen atoms in total. The van der Waals surface area contributed by atoms with Gasteiger partial charge in [-0.05, 0) is 32.4 Å². The van der Waals surface area contributed by atoms with Gasteiger partial charge >= 0.3 is 6.18 Å². The van der Waals surface area contributed by atoms with Crippen molar-refractivity contribution >= 4 is 23.1 Å². The predicted octanol–water partition coefficient (Wildman–Crippen LogP) is 2.53. The third-order valence-electron chi connectivity index (χ3n) is 3.59. The van der Waals surface area contributed by atoms with Crippen LogP contribution in [0.4, 0.5) is 23.4 Å². The van der Waals surface area contributed by atoms with E-state index in [1.54, 1.807) is 0 Å². The van der Waals surface area contributed by atoms with E-state index < -0.39 is 40.1 Å². The van der Waals surface area contributed by atoms with Crippen LogP contribution in [0.25, 0.3) is 0 Å². The first kappa shape index (κ1) is 18.9. The lowest BCUT2D eigenvalue weighted by Crippen LogP contribution is -2.51. The van der Waals surface area contributed by atoms with Crippen LogP contribution in [0.1, 0.15) is 26.0 Å². The van der Waals surface area contributed by atoms with Crippen LogP contribution >= 0.6 is 0 Å². The van der Waals surface area contributed by atoms with Gasteiger partial charge in [0, 0.05) is 6.54 Å². The van der Waals surface area contributed by atoms with E-state index in [4.69, 9.17) is 0 Å². The number of amides is 1. The highest BCUT2D eigenvalue weighted by Gasteiger charge is 2.47. The van der Waals surface area contributed by atoms with Crippen LogP contribution in [-0.4, -0.2) is 43.8 Å². The minimum Gasteiger partial charge on any atom is -0.597 e. The molecule has 0 saturated carbocycles. The second kappa shape index (κ2) is 6.85. The van der Waals surface area contributed by atoms with Crippen LogP contribution in [0, 0.1) is 0 Å². The molecule has 0 spiro atoms. The van der Waals surface area contributed by atoms with Gasteiger partial charge in [-0.25, -0.2) is 9.37 Å². The Hall–Kier alpha value is -1.39. The second-order valence-corrected chi connectivity index (χ2v) is 7.93. The lowest BCUT2D eigenvalue weighted by Gasteiger charge is -2.31. The van der Waals surface area contributed by atoms with E-state index >= 15 is 0 Å². The third-order valence-corrected chi connectivity index (χ3v) is 5.45. The van der Waals surface area contributed by atoms with Gasteiger partial charge in [-0.15, -0.1) is 4.31 Å². The summed E-state index contributed by atoms with van der Waals surface area (Å²) in [7, 11) is 0. The number of hydrogen-bond acceptors (Lipinski definition) is 4. The minimum atomic E-state index is -4.63. The number of halogens is 4. The average Bonchev–Trinajstić information content (AvgIpc) is 2.92. The fraction of sp³-hybridized carbons (Fsp3) is 0.571. The van der Waals surface area contributed by atoms with Gasteiger partial charge in [-0.3, -0.25) is 4.79 Å². The van der Waals surface area contributed by atoms with Crippen LogP contribution in [-0.2, 0) is 22.3 Å². The van der Waals surface area contributed by atoms with E-state index in [2.05, 4.69) is 10.3 Å². The Labute approximate surface area is 139 Å². The van der Waals surface area contributed by atoms with E-state index in [1.165, 1.54) is 24.2 Å². The van der Waals surface area contributed by atoms with Crippen molar-refractivity contribution in [2.24, 2.45) is 0 Å². The predicted molar refractivity (Wildman–Crippen MR) is 81.2 cm³/mol. The molecule has 2 rings (SSSR count). The zero-order valence-electron chi connectivity index (χ0n) is 13.1. The van der Waals surface area contributed by atoms with Gasteiger partial charge in [-0.2, -0.15) is 13.2 Å². The molecule has 1 aliphatic rings. The van der Waals surface area contributed by atoms with Crippen LogP contribution < -0.4 is 5.32 Å². The average molecular weight is 367 g/mol. The highest BCUT2D eigenvalue weighted by atomic mass is 32.2. The van der Waals surface area contributed by atoms with Crippen molar-refractivity contribution in [1.82, 2.24) is 9.29 Å². The minimum absolute atomic E-state index is 0.0366. The van der Waals surface area contributed by atoms with Crippen molar-refractivity contribution in [2.45, 2.75) is 37.4 Å². The molecule has 1 aliphatic heterocycles. The van der Waals surface area contributed by atoms with E-state index in [9.17, 15) is 26.9 Å². The standard InChI is InChI=1S/C14H17F4N3O2S/c1-13(2,24(23)21-7-6-9(15)8-21)12(22)20-11-5-3-4-10(19-11)14(16,17)18/h3-5,9H,6-8H2,1-2H3,(H,19,20,22)/t9-,24?/m1/s1. The molecule has 0 radical (unpaired) electrons. The van der Waals surface area contributed by atoms with Crippen LogP contribution in [0.3, 0.4) is 0 Å². The smallest absolute Gasteiger partial charge is 0.433 e. The van der Waals surface area contributed by atoms with Crippen molar-refractivity contribution in [2.75, 3.05) is 18.4 Å². The normalized spacial score (nSPS) is 20.9. The maximum atomic E-state index is 13.2. The summed E-state index contributed by atoms with van der Waals surface area (Å²) in [6.45, 7) is 2.99. The molecular weight excluding hydrogens is 350 g/mol. The first-order valence-electron chi connectivity index (χ1n) is 7.18. The molecule has 1 fully saturated rings. The zero-order chi connectivity index (χ0) is 18.1. The van der Waals surface area contributed by atoms with Gasteiger partial charge in [0.25, 0.3) is 5.91 Å². The first-order chi connectivity index (χ1) is 11.0. The number of aromatic nitrogens is 1. The van der Waals surface area contributed by atoms with Gasteiger partial charge in [0.1, 0.15) is 17.7 Å². The van der Waals surface area contributed by atoms with E-state index in [1.807, 2.05) is 0 Å². The molecule has 1 aromatic rings. The monoisotopic (exact) mass is 367 g/mol. The maximum Gasteiger partial charge on any atom is 0.433 e. The summed E-state index contributed by atoms with van der Waals surface area (Å²) in [5, 5.41) is 2.25. The number of anilines is 1. The fourth-order valence-corrected chi connectivity index (χ4v) is 3.59. The molecule has 0 bridgehead atoms. The number of rotatable bonds is 4. The summed E-state index contributed by atoms with van der Waals surface area (Å²) in [6.07, 6.45) is -5.50. The Bertz CT molecular complexity index is 612. The van der Waals surface area contributed by atoms with E-state index in [0.717, 1.165) is 12.1 Å². The van der Waals surface area contributed by atoms with Crippen molar-refractivity contribution in [1.29, 1.82) is 0 Å². The second-order valence-electron chi connectivity index (χ2n) is 5.89. The van der Waals surface area contributed by atoms with Gasteiger partial charge < -0.3 is 9.87 Å². The number of nitrogens with one attached hydrogen (secondary N) is 1. The lowest BCUT2D eigenvalue weighted by molar-refractivity contribution is -0.141. The summed E-state index contributed by atoms with van der Waals surface area (Å²) in [5.41, 5.74) is -1.14. The van der Waals surface area contributed by atoms with E-state index in [-0.39, 0.29) is 25.3 Å². The van der Waals surface area contributed by atoms with Gasteiger partial charge in [0.15, 0.2) is 0 Å². The molecule has 1 saturated heterocycles. The molecule has 134 valence electrons. The number of carbonyl (C=O) groups is 1. The van der Waals surface area contributed by atoms with Gasteiger partial charge in [0.05, 0.1) is 17.9 Å². The number of carbonyl (C=O) groups excluding carboxylic acids is 1. The molecule has 0 aliphatic carbocycles. The zero-order valence-corrected chi connectivity index (χ0v) is 13.9. The highest BCUT2D eigenvalue weighted by Crippen LogP contribution is 2.29. The molecule has 1 amide bonds. The van der Waals surface area contributed by atoms with Gasteiger partial charge in [-0.1, -0.05) is 6.07 Å². The number of nitrogens with zero attached hydrogens (tertiary/aromatic N) is 2. The molecule has 10 heteroatoms. The molecule has 1 aromatic heterocycles. The SMILES string of the molecule is CC(C)(C(=O)Nc1cccc(C(F)(F)F)n1)[S+]([O-])N1CC[C@@H](F)C1. The lowest BCUT2D eigenvalue weighted by atomic mass is 10.2. The maximum absolute atomic E-state index is 13.2. The highest BCUT2D eigenvalue weighted by molar-refractivity contribution is 7.91. The summed E-state index contributed by atoms with van der Waals surface area (Å²) in [5.74, 6) is -1.04. The van der Waals surface area contributed by atoms with Crippen molar-refractivity contribution in [3.63, 3.8) is 0 Å². The molecule has 2 atom stereocenters. The number of alkyl halides is 4. The van der Waals surface area contributed by atoms with Crippen LogP contribution in [0.2, 0.25) is 0 Å². The van der Waals surface area contributed by atoms with Crippen molar-refractivity contribution in [3.05, 3.63) is 23.9 Å². The molecular formula is C14H17F4N3O2S. The van der Waals surface area contributed by atoms with Crippen LogP contribution in [0.5, 0.6) is 0 Å². The Kier molecular flexibility index (Phi) is 5.41. The van der Waals surface area contributed by atoms with Crippen molar-refractivity contribution in [3.8, 4) is 0 Å². The summed E-state index contributed by atoms with van der Waals surface area (Å²) < 4.78 is 63.5. The molecule has 0 aromatic carbocycles. The Morgan fingerprint density at radius 1 is 1.42 bits per heavy atom. The number of pyridine rings is 1. The van der Waals surface area contributed by atoms with Gasteiger partial charge in [0.2, 0.25) is 4.75 Å². The summed E-state index contributed by atoms with van der Waals surface area (Å²) in [6, 6.07) is 3.10. The Balaban J connectivity index is 2.10. The Morgan fingerprint density at radius 2 is 2.08 bits per heavy atom. The number of hydrogen-bond donors (Lipinski definition) is 1. The molecule has 2 heterocycles. The summed E-state index contributed by atoms with van der Waals surface area (Å²) in [4.78, 5) is 15.7. The van der Waals surface area contributed by atoms with Crippen LogP contribution in [0.15, 0.2) is 18.2 Å². The first-order valence-corrected chi connectivity index (χ1v) is 8.29. The largest absolute Gasteiger partial charge is 0.597 e. The van der Waals surface area contributed by atoms with Crippen molar-refractivity contribution < 1.29 is 26.9 Å². The topological polar surface area (TPSA) is 68.3 Å². The third kappa shape index (κ3) is 4.17. The molecule has 1 N–H and O–H groups in total. The summed E-state index contributed by atoms with van der Waals surface area (Å²) >= 11 is -1.82. The Morgan fingerprint density at radius 3 is 2.62 bits per heavy atom. The fourth-order valence-electron chi connectivity index (χ4n) is 2.17. The molecule has 24 heavy (non-hydrogen) atoms. The van der Waals surface area contributed by atoms with E-state index in [0.29, 0.717) is 0 Å².